The van der Waals surface area contributed by atoms with Crippen molar-refractivity contribution in [3.8, 4) is 0 Å². The molecule has 0 aromatic heterocycles. The molecule has 0 radical (unpaired) electrons. The van der Waals surface area contributed by atoms with E-state index in [1.165, 1.54) is 13.8 Å². The normalized spacial score (nSPS) is 13.4. The van der Waals surface area contributed by atoms with Gasteiger partial charge in [-0.2, -0.15) is 26.3 Å². The van der Waals surface area contributed by atoms with Gasteiger partial charge in [0, 0.05) is 0 Å². The van der Waals surface area contributed by atoms with Gasteiger partial charge in [0.05, 0.1) is 12.5 Å². The lowest BCUT2D eigenvalue weighted by Gasteiger charge is -2.19. The number of hydrogen-bond acceptors (Lipinski definition) is 6. The average molecular weight is 354 g/mol. The zero-order valence-corrected chi connectivity index (χ0v) is 11.8. The monoisotopic (exact) mass is 354 g/mol. The van der Waals surface area contributed by atoms with E-state index in [0.717, 1.165) is 0 Å². The molecule has 1 atom stereocenters. The van der Waals surface area contributed by atoms with Gasteiger partial charge in [-0.1, -0.05) is 0 Å². The Hall–Kier alpha value is -2.01. The molecule has 6 nitrogen and oxygen atoms in total. The van der Waals surface area contributed by atoms with Gasteiger partial charge in [-0.05, 0) is 13.8 Å². The van der Waals surface area contributed by atoms with Crippen LogP contribution in [0.15, 0.2) is 0 Å². The van der Waals surface area contributed by atoms with Gasteiger partial charge in [0.15, 0.2) is 0 Å². The molecule has 0 saturated carbocycles. The van der Waals surface area contributed by atoms with Crippen LogP contribution in [0.3, 0.4) is 0 Å². The maximum atomic E-state index is 12.1. The van der Waals surface area contributed by atoms with Gasteiger partial charge in [-0.25, -0.2) is 9.59 Å². The van der Waals surface area contributed by atoms with Crippen molar-refractivity contribution in [3.63, 3.8) is 0 Å². The second-order valence-electron chi connectivity index (χ2n) is 4.36. The molecule has 0 aliphatic rings. The lowest BCUT2D eigenvalue weighted by molar-refractivity contribution is -0.214. The molecule has 0 rings (SSSR count). The second-order valence-corrected chi connectivity index (χ2v) is 4.36. The van der Waals surface area contributed by atoms with Gasteiger partial charge in [0.2, 0.25) is 0 Å². The molecule has 0 aromatic rings. The SMILES string of the molecule is CC(C)OC(=O)CC(COC(=O)C(F)(F)F)OC(=O)C(F)(F)F. The quantitative estimate of drug-likeness (QED) is 0.412. The van der Waals surface area contributed by atoms with Crippen LogP contribution in [-0.4, -0.2) is 49.1 Å². The first kappa shape index (κ1) is 21.0. The minimum Gasteiger partial charge on any atom is -0.463 e. The molecule has 0 spiro atoms. The fourth-order valence-corrected chi connectivity index (χ4v) is 1.10. The minimum absolute atomic E-state index is 0.667. The molecular formula is C11H12F6O6. The topological polar surface area (TPSA) is 78.9 Å². The summed E-state index contributed by atoms with van der Waals surface area (Å²) in [5, 5.41) is 0. The van der Waals surface area contributed by atoms with Crippen molar-refractivity contribution in [2.24, 2.45) is 0 Å². The van der Waals surface area contributed by atoms with Crippen LogP contribution in [-0.2, 0) is 28.6 Å². The Bertz CT molecular complexity index is 441. The highest BCUT2D eigenvalue weighted by Crippen LogP contribution is 2.20. The first-order chi connectivity index (χ1) is 10.2. The highest BCUT2D eigenvalue weighted by Gasteiger charge is 2.44. The molecule has 0 heterocycles. The Kier molecular flexibility index (Phi) is 7.31. The van der Waals surface area contributed by atoms with E-state index in [1.807, 2.05) is 0 Å². The molecule has 0 saturated heterocycles. The van der Waals surface area contributed by atoms with E-state index in [2.05, 4.69) is 14.2 Å². The van der Waals surface area contributed by atoms with Gasteiger partial charge < -0.3 is 14.2 Å². The molecular weight excluding hydrogens is 342 g/mol. The Morgan fingerprint density at radius 2 is 1.35 bits per heavy atom. The van der Waals surface area contributed by atoms with Crippen LogP contribution in [0.4, 0.5) is 26.3 Å². The molecule has 0 bridgehead atoms. The lowest BCUT2D eigenvalue weighted by atomic mass is 10.2. The van der Waals surface area contributed by atoms with E-state index < -0.39 is 55.5 Å². The van der Waals surface area contributed by atoms with Crippen molar-refractivity contribution in [2.75, 3.05) is 6.61 Å². The lowest BCUT2D eigenvalue weighted by Crippen LogP contribution is -2.36. The molecule has 0 aromatic carbocycles. The standard InChI is InChI=1S/C11H12F6O6/c1-5(2)22-7(18)3-6(23-9(20)11(15,16)17)4-21-8(19)10(12,13)14/h5-6H,3-4H2,1-2H3. The third-order valence-electron chi connectivity index (χ3n) is 1.90. The van der Waals surface area contributed by atoms with Gasteiger partial charge in [0.1, 0.15) is 12.7 Å². The van der Waals surface area contributed by atoms with E-state index in [9.17, 15) is 40.7 Å². The maximum Gasteiger partial charge on any atom is 0.490 e. The van der Waals surface area contributed by atoms with Crippen molar-refractivity contribution in [1.29, 1.82) is 0 Å². The van der Waals surface area contributed by atoms with Crippen LogP contribution in [0.1, 0.15) is 20.3 Å². The van der Waals surface area contributed by atoms with E-state index in [4.69, 9.17) is 0 Å². The number of alkyl halides is 6. The van der Waals surface area contributed by atoms with Crippen molar-refractivity contribution < 1.29 is 54.9 Å². The molecule has 0 amide bonds. The zero-order chi connectivity index (χ0) is 18.4. The van der Waals surface area contributed by atoms with Gasteiger partial charge in [-0.15, -0.1) is 0 Å². The highest BCUT2D eigenvalue weighted by molar-refractivity contribution is 5.77. The number of ether oxygens (including phenoxy) is 3. The third-order valence-corrected chi connectivity index (χ3v) is 1.90. The zero-order valence-electron chi connectivity index (χ0n) is 11.8. The minimum atomic E-state index is -5.44. The van der Waals surface area contributed by atoms with Crippen LogP contribution in [0.2, 0.25) is 0 Å². The van der Waals surface area contributed by atoms with Crippen molar-refractivity contribution in [1.82, 2.24) is 0 Å². The smallest absolute Gasteiger partial charge is 0.463 e. The van der Waals surface area contributed by atoms with E-state index >= 15 is 0 Å². The summed E-state index contributed by atoms with van der Waals surface area (Å²) in [6.07, 6.45) is -14.6. The van der Waals surface area contributed by atoms with Crippen molar-refractivity contribution in [3.05, 3.63) is 0 Å². The molecule has 1 unspecified atom stereocenters. The van der Waals surface area contributed by atoms with Crippen LogP contribution in [0, 0.1) is 0 Å². The van der Waals surface area contributed by atoms with E-state index in [1.54, 1.807) is 0 Å². The van der Waals surface area contributed by atoms with Crippen LogP contribution in [0.25, 0.3) is 0 Å². The largest absolute Gasteiger partial charge is 0.490 e. The number of rotatable bonds is 6. The van der Waals surface area contributed by atoms with Crippen LogP contribution in [0.5, 0.6) is 0 Å². The second kappa shape index (κ2) is 8.02. The predicted molar refractivity (Wildman–Crippen MR) is 58.8 cm³/mol. The summed E-state index contributed by atoms with van der Waals surface area (Å²) in [5.74, 6) is -6.60. The maximum absolute atomic E-state index is 12.1. The highest BCUT2D eigenvalue weighted by atomic mass is 19.4. The fraction of sp³-hybridized carbons (Fsp3) is 0.727. The Labute approximate surface area is 125 Å². The summed E-state index contributed by atoms with van der Waals surface area (Å²) in [6.45, 7) is 1.41. The summed E-state index contributed by atoms with van der Waals surface area (Å²) in [5.41, 5.74) is 0. The summed E-state index contributed by atoms with van der Waals surface area (Å²) >= 11 is 0. The molecule has 0 aliphatic heterocycles. The Morgan fingerprint density at radius 1 is 0.870 bits per heavy atom. The van der Waals surface area contributed by atoms with Gasteiger partial charge in [0.25, 0.3) is 0 Å². The van der Waals surface area contributed by atoms with Crippen LogP contribution < -0.4 is 0 Å². The predicted octanol–water partition coefficient (Wildman–Crippen LogP) is 1.91. The number of halogens is 6. The molecule has 0 fully saturated rings. The Balaban J connectivity index is 4.83. The van der Waals surface area contributed by atoms with E-state index in [-0.39, 0.29) is 0 Å². The molecule has 0 N–H and O–H groups in total. The van der Waals surface area contributed by atoms with E-state index in [0.29, 0.717) is 0 Å². The summed E-state index contributed by atoms with van der Waals surface area (Å²) in [6, 6.07) is 0. The third kappa shape index (κ3) is 8.88. The first-order valence-electron chi connectivity index (χ1n) is 5.94. The van der Waals surface area contributed by atoms with Gasteiger partial charge >= 0.3 is 30.3 Å². The van der Waals surface area contributed by atoms with Crippen LogP contribution >= 0.6 is 0 Å². The molecule has 134 valence electrons. The first-order valence-corrected chi connectivity index (χ1v) is 5.94. The summed E-state index contributed by atoms with van der Waals surface area (Å²) < 4.78 is 84.0. The molecule has 12 heteroatoms. The Morgan fingerprint density at radius 3 is 1.74 bits per heavy atom. The number of carbonyl (C=O) groups excluding carboxylic acids is 3. The fourth-order valence-electron chi connectivity index (χ4n) is 1.10. The molecule has 23 heavy (non-hydrogen) atoms. The summed E-state index contributed by atoms with van der Waals surface area (Å²) in [7, 11) is 0. The molecule has 0 aliphatic carbocycles. The number of hydrogen-bond donors (Lipinski definition) is 0. The number of esters is 3. The van der Waals surface area contributed by atoms with Crippen molar-refractivity contribution in [2.45, 2.75) is 44.8 Å². The van der Waals surface area contributed by atoms with Gasteiger partial charge in [-0.3, -0.25) is 4.79 Å². The van der Waals surface area contributed by atoms with Crippen molar-refractivity contribution >= 4 is 17.9 Å². The summed E-state index contributed by atoms with van der Waals surface area (Å²) in [4.78, 5) is 32.4. The number of carbonyl (C=O) groups is 3. The average Bonchev–Trinajstić information content (AvgIpc) is 2.31.